The number of carbonyl (C=O) groups is 10. The molecule has 2 aromatic rings. The molecule has 2 saturated heterocycles. The molecule has 8 amide bonds. The first-order valence-corrected chi connectivity index (χ1v) is 26.2. The normalized spacial score (nSPS) is 24.4. The Labute approximate surface area is 444 Å². The number of aromatic hydroxyl groups is 1. The summed E-state index contributed by atoms with van der Waals surface area (Å²) in [4.78, 5) is 142. The van der Waals surface area contributed by atoms with Gasteiger partial charge in [0.1, 0.15) is 66.4 Å². The number of aliphatic carboxylic acids is 1. The number of amides is 8. The first-order valence-electron chi connectivity index (χ1n) is 26.2. The molecule has 2 aliphatic heterocycles. The molecular formula is C54H78N8O14. The molecule has 11 atom stereocenters. The lowest BCUT2D eigenvalue weighted by atomic mass is 9.93. The predicted molar refractivity (Wildman–Crippen MR) is 277 cm³/mol. The van der Waals surface area contributed by atoms with Gasteiger partial charge in [0.15, 0.2) is 0 Å². The van der Waals surface area contributed by atoms with Gasteiger partial charge in [-0.1, -0.05) is 97.4 Å². The number of carbonyl (C=O) groups excluding carboxylic acids is 9. The van der Waals surface area contributed by atoms with Crippen LogP contribution in [0.15, 0.2) is 54.6 Å². The van der Waals surface area contributed by atoms with Crippen LogP contribution in [0.1, 0.15) is 118 Å². The summed E-state index contributed by atoms with van der Waals surface area (Å²) in [6.45, 7) is 13.4. The van der Waals surface area contributed by atoms with Gasteiger partial charge in [-0.2, -0.15) is 0 Å². The fourth-order valence-electron chi connectivity index (χ4n) is 9.19. The maximum absolute atomic E-state index is 14.8. The molecule has 418 valence electrons. The molecule has 0 radical (unpaired) electrons. The molecule has 2 aliphatic rings. The number of hydrogen-bond donors (Lipinski definition) is 9. The molecule has 2 bridgehead atoms. The Morgan fingerprint density at radius 1 is 0.776 bits per heavy atom. The Morgan fingerprint density at radius 3 is 2.03 bits per heavy atom. The van der Waals surface area contributed by atoms with E-state index in [9.17, 15) is 63.3 Å². The van der Waals surface area contributed by atoms with Crippen molar-refractivity contribution in [1.82, 2.24) is 41.7 Å². The van der Waals surface area contributed by atoms with E-state index in [4.69, 9.17) is 4.74 Å². The van der Waals surface area contributed by atoms with Crippen molar-refractivity contribution in [3.63, 3.8) is 0 Å². The van der Waals surface area contributed by atoms with Crippen LogP contribution in [0.3, 0.4) is 0 Å². The molecule has 0 unspecified atom stereocenters. The number of nitrogens with zero attached hydrogens (tertiary/aromatic N) is 2. The Kier molecular flexibility index (Phi) is 23.2. The maximum Gasteiger partial charge on any atom is 0.329 e. The fourth-order valence-corrected chi connectivity index (χ4v) is 9.19. The number of piperidine rings is 1. The number of phenols is 1. The molecule has 22 nitrogen and oxygen atoms in total. The van der Waals surface area contributed by atoms with Crippen molar-refractivity contribution >= 4 is 59.2 Å². The van der Waals surface area contributed by atoms with Crippen LogP contribution in [0.25, 0.3) is 0 Å². The zero-order valence-corrected chi connectivity index (χ0v) is 45.0. The number of carboxylic acids is 1. The van der Waals surface area contributed by atoms with Gasteiger partial charge in [-0.15, -0.1) is 0 Å². The third kappa shape index (κ3) is 17.2. The molecule has 0 aromatic heterocycles. The van der Waals surface area contributed by atoms with E-state index in [-0.39, 0.29) is 50.2 Å². The number of benzene rings is 2. The lowest BCUT2D eigenvalue weighted by Gasteiger charge is -2.44. The van der Waals surface area contributed by atoms with Crippen LogP contribution in [0.2, 0.25) is 0 Å². The van der Waals surface area contributed by atoms with Crippen LogP contribution in [0, 0.1) is 17.8 Å². The molecule has 0 saturated carbocycles. The zero-order valence-electron chi connectivity index (χ0n) is 45.0. The van der Waals surface area contributed by atoms with Gasteiger partial charge in [0.05, 0.1) is 0 Å². The first-order chi connectivity index (χ1) is 35.9. The average molecular weight is 1060 g/mol. The second kappa shape index (κ2) is 28.7. The van der Waals surface area contributed by atoms with E-state index >= 15 is 0 Å². The number of rotatable bonds is 19. The third-order valence-electron chi connectivity index (χ3n) is 13.7. The number of aliphatic hydroxyl groups excluding tert-OH is 1. The molecule has 9 N–H and O–H groups in total. The van der Waals surface area contributed by atoms with Crippen molar-refractivity contribution in [3.05, 3.63) is 65.7 Å². The lowest BCUT2D eigenvalue weighted by molar-refractivity contribution is -0.167. The highest BCUT2D eigenvalue weighted by Gasteiger charge is 2.47. The van der Waals surface area contributed by atoms with Crippen LogP contribution in [-0.4, -0.2) is 152 Å². The van der Waals surface area contributed by atoms with Crippen LogP contribution < -0.4 is 31.9 Å². The maximum atomic E-state index is 14.8. The minimum absolute atomic E-state index is 0.00904. The number of aliphatic hydroxyl groups is 1. The van der Waals surface area contributed by atoms with Crippen molar-refractivity contribution in [2.75, 3.05) is 7.05 Å². The van der Waals surface area contributed by atoms with Crippen LogP contribution in [0.5, 0.6) is 5.75 Å². The van der Waals surface area contributed by atoms with Crippen LogP contribution in [-0.2, 0) is 65.5 Å². The lowest BCUT2D eigenvalue weighted by Crippen LogP contribution is -2.66. The number of ether oxygens (including phenoxy) is 1. The van der Waals surface area contributed by atoms with Crippen molar-refractivity contribution in [3.8, 4) is 5.75 Å². The summed E-state index contributed by atoms with van der Waals surface area (Å²) >= 11 is 0. The van der Waals surface area contributed by atoms with Crippen LogP contribution in [0.4, 0.5) is 0 Å². The van der Waals surface area contributed by atoms with Crippen molar-refractivity contribution in [1.29, 1.82) is 0 Å². The van der Waals surface area contributed by atoms with E-state index in [1.165, 1.54) is 43.1 Å². The van der Waals surface area contributed by atoms with Gasteiger partial charge in [-0.3, -0.25) is 38.4 Å². The van der Waals surface area contributed by atoms with E-state index in [0.29, 0.717) is 24.0 Å². The molecule has 2 aromatic carbocycles. The molecule has 76 heavy (non-hydrogen) atoms. The first kappa shape index (κ1) is 61.4. The Hall–Kier alpha value is -7.10. The van der Waals surface area contributed by atoms with Crippen molar-refractivity contribution in [2.24, 2.45) is 17.8 Å². The second-order valence-electron chi connectivity index (χ2n) is 20.6. The summed E-state index contributed by atoms with van der Waals surface area (Å²) < 4.78 is 5.92. The highest BCUT2D eigenvalue weighted by atomic mass is 16.5. The summed E-state index contributed by atoms with van der Waals surface area (Å²) in [5.74, 6) is -10.4. The van der Waals surface area contributed by atoms with Crippen molar-refractivity contribution < 1.29 is 68.0 Å². The number of nitrogens with one attached hydrogen (secondary N) is 6. The van der Waals surface area contributed by atoms with Gasteiger partial charge in [-0.05, 0) is 80.0 Å². The average Bonchev–Trinajstić information content (AvgIpc) is 3.36. The highest BCUT2D eigenvalue weighted by Crippen LogP contribution is 2.27. The highest BCUT2D eigenvalue weighted by molar-refractivity contribution is 5.98. The predicted octanol–water partition coefficient (Wildman–Crippen LogP) is 1.58. The minimum Gasteiger partial charge on any atom is -0.508 e. The SMILES string of the molecule is CCCC(=O)N[C@@H](Cc1ccc(O)cc1)C(=O)N[C@@H](CCC(=O)N[C@@H]1C(=O)N[C@@H](CC(C)C)C(=O)N[C@H]2CC[C@@H](O)N(C2=O)[C@@H](C(C)C)C(=O)N(C)[C@@H](Cc2ccccc2)C(=O)N[C@@H]([C@@H](C)CC)C(=O)O[C@H]1C)C(=O)O. The summed E-state index contributed by atoms with van der Waals surface area (Å²) in [6.07, 6.45) is -3.43. The number of likely N-dealkylation sites (N-methyl/N-ethyl adjacent to an activating group) is 1. The minimum atomic E-state index is -1.76. The third-order valence-corrected chi connectivity index (χ3v) is 13.7. The smallest absolute Gasteiger partial charge is 0.329 e. The number of hydrogen-bond acceptors (Lipinski definition) is 13. The molecule has 22 heteroatoms. The number of phenolic OH excluding ortho intramolecular Hbond substituents is 1. The van der Waals surface area contributed by atoms with Gasteiger partial charge in [0.2, 0.25) is 47.3 Å². The van der Waals surface area contributed by atoms with Gasteiger partial charge in [-0.25, -0.2) is 9.59 Å². The zero-order chi connectivity index (χ0) is 56.6. The molecule has 2 heterocycles. The quantitative estimate of drug-likeness (QED) is 0.0903. The molecule has 2 fully saturated rings. The summed E-state index contributed by atoms with van der Waals surface area (Å²) in [6, 6.07) is 3.32. The second-order valence-corrected chi connectivity index (χ2v) is 20.6. The van der Waals surface area contributed by atoms with E-state index in [1.807, 2.05) is 0 Å². The summed E-state index contributed by atoms with van der Waals surface area (Å²) in [5.41, 5.74) is 1.19. The monoisotopic (exact) mass is 1060 g/mol. The van der Waals surface area contributed by atoms with E-state index in [2.05, 4.69) is 31.9 Å². The number of fused-ring (bicyclic) bond motifs is 2. The topological polar surface area (TPSA) is 319 Å². The molecular weight excluding hydrogens is 985 g/mol. The van der Waals surface area contributed by atoms with Crippen LogP contribution >= 0.6 is 0 Å². The Bertz CT molecular complexity index is 2370. The largest absolute Gasteiger partial charge is 0.508 e. The van der Waals surface area contributed by atoms with Crippen molar-refractivity contribution in [2.45, 2.75) is 180 Å². The Balaban J connectivity index is 1.73. The fraction of sp³-hybridized carbons (Fsp3) is 0.593. The molecule has 4 rings (SSSR count). The van der Waals surface area contributed by atoms with Gasteiger partial charge >= 0.3 is 11.9 Å². The van der Waals surface area contributed by atoms with E-state index < -0.39 is 145 Å². The molecule has 0 spiro atoms. The number of esters is 1. The summed E-state index contributed by atoms with van der Waals surface area (Å²) in [7, 11) is 1.39. The van der Waals surface area contributed by atoms with Gasteiger partial charge < -0.3 is 61.8 Å². The molecule has 0 aliphatic carbocycles. The Morgan fingerprint density at radius 2 is 1.43 bits per heavy atom. The van der Waals surface area contributed by atoms with Gasteiger partial charge in [0, 0.05) is 32.7 Å². The summed E-state index contributed by atoms with van der Waals surface area (Å²) in [5, 5.41) is 47.0. The van der Waals surface area contributed by atoms with E-state index in [1.54, 1.807) is 78.8 Å². The standard InChI is InChI=1S/C54H78N8O14/c1-10-15-41(64)55-39(27-34-18-20-35(63)21-19-34)48(68)57-37(53(73)74)22-24-42(65)59-45-32(8)76-54(75)44(31(7)11-2)60-49(69)40(28-33-16-13-12-14-17-33)61(9)52(72)46(30(5)6)62-43(66)25-23-36(51(62)71)56-47(67)38(26-29(3)4)58-50(45)70/h12-14,16-21,29-32,36-40,43-46,63,66H,10-11,15,22-28H2,1-9H3,(H,55,64)(H,56,67)(H,57,68)(H,58,70)(H,59,65)(H,60,69)(H,73,74)/t31-,32-,36-,37-,38-,39-,40-,43+,44-,45-,46-/m0/s1. The number of carboxylic acid groups (broad SMARTS) is 1. The van der Waals surface area contributed by atoms with Gasteiger partial charge in [0.25, 0.3) is 0 Å². The number of cyclic esters (lactones) is 1. The van der Waals surface area contributed by atoms with E-state index in [0.717, 1.165) is 4.90 Å².